The van der Waals surface area contributed by atoms with Crippen molar-refractivity contribution in [2.45, 2.75) is 65.4 Å². The second-order valence-corrected chi connectivity index (χ2v) is 5.98. The van der Waals surface area contributed by atoms with E-state index in [0.29, 0.717) is 0 Å². The molecule has 1 saturated carbocycles. The maximum atomic E-state index is 12.2. The van der Waals surface area contributed by atoms with Gasteiger partial charge in [0.1, 0.15) is 5.60 Å². The highest BCUT2D eigenvalue weighted by molar-refractivity contribution is 5.76. The van der Waals surface area contributed by atoms with Crippen molar-refractivity contribution in [1.82, 2.24) is 0 Å². The first kappa shape index (κ1) is 14.5. The molecule has 0 saturated heterocycles. The molecule has 0 aromatic rings. The number of hydrogen-bond acceptors (Lipinski definition) is 3. The molecule has 0 aromatic heterocycles. The van der Waals surface area contributed by atoms with E-state index in [1.165, 1.54) is 0 Å². The minimum absolute atomic E-state index is 0.0293. The lowest BCUT2D eigenvalue weighted by Crippen LogP contribution is -2.43. The molecule has 0 aliphatic heterocycles. The average Bonchev–Trinajstić information content (AvgIpc) is 2.77. The van der Waals surface area contributed by atoms with E-state index in [4.69, 9.17) is 4.74 Å². The first-order valence-electron chi connectivity index (χ1n) is 6.72. The molecule has 100 valence electrons. The Kier molecular flexibility index (Phi) is 4.59. The van der Waals surface area contributed by atoms with Crippen LogP contribution in [0.5, 0.6) is 0 Å². The van der Waals surface area contributed by atoms with Gasteiger partial charge in [0.25, 0.3) is 0 Å². The lowest BCUT2D eigenvalue weighted by Gasteiger charge is -2.37. The van der Waals surface area contributed by atoms with Gasteiger partial charge in [0.2, 0.25) is 0 Å². The molecule has 17 heavy (non-hydrogen) atoms. The highest BCUT2D eigenvalue weighted by Crippen LogP contribution is 2.41. The van der Waals surface area contributed by atoms with Crippen molar-refractivity contribution in [3.05, 3.63) is 0 Å². The fraction of sp³-hybridized carbons (Fsp3) is 0.929. The first-order chi connectivity index (χ1) is 7.88. The molecular formula is C14H26O3. The largest absolute Gasteiger partial charge is 0.458 e. The molecule has 3 heteroatoms. The third-order valence-corrected chi connectivity index (χ3v) is 4.35. The molecule has 0 bridgehead atoms. The second kappa shape index (κ2) is 5.38. The SMILES string of the molecule is CCC(C)(C)C(=O)OC1(C(C)CO)CCCC1. The number of carbonyl (C=O) groups excluding carboxylic acids is 1. The number of aliphatic hydroxyl groups is 1. The van der Waals surface area contributed by atoms with Gasteiger partial charge in [-0.1, -0.05) is 13.8 Å². The molecule has 0 spiro atoms. The summed E-state index contributed by atoms with van der Waals surface area (Å²) in [5.74, 6) is -0.0937. The van der Waals surface area contributed by atoms with E-state index in [1.54, 1.807) is 0 Å². The van der Waals surface area contributed by atoms with Gasteiger partial charge in [-0.15, -0.1) is 0 Å². The average molecular weight is 242 g/mol. The monoisotopic (exact) mass is 242 g/mol. The molecule has 1 atom stereocenters. The third-order valence-electron chi connectivity index (χ3n) is 4.35. The predicted molar refractivity (Wildman–Crippen MR) is 67.6 cm³/mol. The molecule has 1 unspecified atom stereocenters. The second-order valence-electron chi connectivity index (χ2n) is 5.98. The molecule has 0 radical (unpaired) electrons. The first-order valence-corrected chi connectivity index (χ1v) is 6.72. The van der Waals surface area contributed by atoms with Crippen molar-refractivity contribution in [2.75, 3.05) is 6.61 Å². The highest BCUT2D eigenvalue weighted by atomic mass is 16.6. The van der Waals surface area contributed by atoms with E-state index in [-0.39, 0.29) is 18.5 Å². The molecular weight excluding hydrogens is 216 g/mol. The highest BCUT2D eigenvalue weighted by Gasteiger charge is 2.44. The van der Waals surface area contributed by atoms with Crippen molar-refractivity contribution < 1.29 is 14.6 Å². The summed E-state index contributed by atoms with van der Waals surface area (Å²) in [7, 11) is 0. The Labute approximate surface area is 105 Å². The molecule has 1 aliphatic rings. The van der Waals surface area contributed by atoms with E-state index in [9.17, 15) is 9.90 Å². The van der Waals surface area contributed by atoms with Crippen molar-refractivity contribution in [3.63, 3.8) is 0 Å². The lowest BCUT2D eigenvalue weighted by atomic mass is 9.85. The van der Waals surface area contributed by atoms with E-state index >= 15 is 0 Å². The zero-order valence-electron chi connectivity index (χ0n) is 11.6. The Morgan fingerprint density at radius 2 is 1.94 bits per heavy atom. The van der Waals surface area contributed by atoms with Crippen molar-refractivity contribution in [3.8, 4) is 0 Å². The summed E-state index contributed by atoms with van der Waals surface area (Å²) < 4.78 is 5.81. The van der Waals surface area contributed by atoms with E-state index in [2.05, 4.69) is 0 Å². The normalized spacial score (nSPS) is 21.2. The quantitative estimate of drug-likeness (QED) is 0.754. The maximum absolute atomic E-state index is 12.2. The Balaban J connectivity index is 2.78. The van der Waals surface area contributed by atoms with Crippen molar-refractivity contribution in [2.24, 2.45) is 11.3 Å². The van der Waals surface area contributed by atoms with Crippen LogP contribution in [0.25, 0.3) is 0 Å². The van der Waals surface area contributed by atoms with E-state index in [1.807, 2.05) is 27.7 Å². The summed E-state index contributed by atoms with van der Waals surface area (Å²) >= 11 is 0. The zero-order chi connectivity index (χ0) is 13.1. The van der Waals surface area contributed by atoms with Gasteiger partial charge in [0, 0.05) is 12.5 Å². The van der Waals surface area contributed by atoms with Crippen LogP contribution in [0.15, 0.2) is 0 Å². The van der Waals surface area contributed by atoms with Gasteiger partial charge in [-0.2, -0.15) is 0 Å². The van der Waals surface area contributed by atoms with Crippen LogP contribution >= 0.6 is 0 Å². The zero-order valence-corrected chi connectivity index (χ0v) is 11.6. The third kappa shape index (κ3) is 3.01. The summed E-state index contributed by atoms with van der Waals surface area (Å²) in [5.41, 5.74) is -0.844. The minimum Gasteiger partial charge on any atom is -0.458 e. The fourth-order valence-electron chi connectivity index (χ4n) is 2.30. The van der Waals surface area contributed by atoms with Gasteiger partial charge >= 0.3 is 5.97 Å². The molecule has 0 aromatic carbocycles. The van der Waals surface area contributed by atoms with Crippen LogP contribution in [0.4, 0.5) is 0 Å². The molecule has 3 nitrogen and oxygen atoms in total. The Hall–Kier alpha value is -0.570. The van der Waals surface area contributed by atoms with E-state index < -0.39 is 11.0 Å². The van der Waals surface area contributed by atoms with Crippen molar-refractivity contribution in [1.29, 1.82) is 0 Å². The van der Waals surface area contributed by atoms with E-state index in [0.717, 1.165) is 32.1 Å². The number of carbonyl (C=O) groups is 1. The summed E-state index contributed by atoms with van der Waals surface area (Å²) in [6.07, 6.45) is 4.73. The van der Waals surface area contributed by atoms with Crippen LogP contribution in [0.1, 0.15) is 59.8 Å². The Bertz CT molecular complexity index is 265. The lowest BCUT2D eigenvalue weighted by molar-refractivity contribution is -0.177. The topological polar surface area (TPSA) is 46.5 Å². The maximum Gasteiger partial charge on any atom is 0.312 e. The number of aliphatic hydroxyl groups excluding tert-OH is 1. The summed E-state index contributed by atoms with van der Waals surface area (Å²) in [5, 5.41) is 9.34. The molecule has 1 N–H and O–H groups in total. The van der Waals surface area contributed by atoms with Crippen LogP contribution in [0, 0.1) is 11.3 Å². The Morgan fingerprint density at radius 1 is 1.41 bits per heavy atom. The van der Waals surface area contributed by atoms with Gasteiger partial charge < -0.3 is 9.84 Å². The standard InChI is InChI=1S/C14H26O3/c1-5-13(3,4)12(16)17-14(11(2)10-15)8-6-7-9-14/h11,15H,5-10H2,1-4H3. The van der Waals surface area contributed by atoms with Gasteiger partial charge in [-0.05, 0) is 46.0 Å². The van der Waals surface area contributed by atoms with Gasteiger partial charge in [0.05, 0.1) is 5.41 Å². The van der Waals surface area contributed by atoms with Crippen LogP contribution in [0.3, 0.4) is 0 Å². The van der Waals surface area contributed by atoms with Crippen LogP contribution in [-0.2, 0) is 9.53 Å². The van der Waals surface area contributed by atoms with Gasteiger partial charge in [0.15, 0.2) is 0 Å². The van der Waals surface area contributed by atoms with Crippen LogP contribution in [-0.4, -0.2) is 23.3 Å². The summed E-state index contributed by atoms with van der Waals surface area (Å²) in [6.45, 7) is 7.89. The number of esters is 1. The number of ether oxygens (including phenoxy) is 1. The van der Waals surface area contributed by atoms with Crippen LogP contribution in [0.2, 0.25) is 0 Å². The summed E-state index contributed by atoms with van der Waals surface area (Å²) in [4.78, 5) is 12.2. The van der Waals surface area contributed by atoms with Gasteiger partial charge in [-0.3, -0.25) is 4.79 Å². The predicted octanol–water partition coefficient (Wildman–Crippen LogP) is 2.91. The minimum atomic E-state index is -0.426. The number of hydrogen-bond donors (Lipinski definition) is 1. The number of rotatable bonds is 5. The molecule has 1 fully saturated rings. The molecule has 1 rings (SSSR count). The summed E-state index contributed by atoms with van der Waals surface area (Å²) in [6, 6.07) is 0. The molecule has 0 heterocycles. The fourth-order valence-corrected chi connectivity index (χ4v) is 2.30. The molecule has 1 aliphatic carbocycles. The smallest absolute Gasteiger partial charge is 0.312 e. The van der Waals surface area contributed by atoms with Gasteiger partial charge in [-0.25, -0.2) is 0 Å². The van der Waals surface area contributed by atoms with Crippen molar-refractivity contribution >= 4 is 5.97 Å². The molecule has 0 amide bonds. The van der Waals surface area contributed by atoms with Crippen LogP contribution < -0.4 is 0 Å². The Morgan fingerprint density at radius 3 is 2.35 bits per heavy atom.